The van der Waals surface area contributed by atoms with Crippen LogP contribution in [-0.2, 0) is 4.74 Å². The fourth-order valence-corrected chi connectivity index (χ4v) is 1.46. The van der Waals surface area contributed by atoms with Gasteiger partial charge < -0.3 is 14.6 Å². The average molecular weight is 242 g/mol. The number of aliphatic hydroxyl groups excluding tert-OH is 1. The fraction of sp³-hybridized carbons (Fsp3) is 0.538. The van der Waals surface area contributed by atoms with Gasteiger partial charge >= 0.3 is 0 Å². The molecule has 0 unspecified atom stereocenters. The lowest BCUT2D eigenvalue weighted by molar-refractivity contribution is 0.129. The third-order valence-electron chi connectivity index (χ3n) is 2.32. The molecule has 0 spiro atoms. The van der Waals surface area contributed by atoms with Crippen molar-refractivity contribution in [2.24, 2.45) is 0 Å². The first kappa shape index (κ1) is 13.9. The van der Waals surface area contributed by atoms with Crippen LogP contribution in [0, 0.1) is 5.82 Å². The van der Waals surface area contributed by atoms with Crippen molar-refractivity contribution in [3.05, 3.63) is 29.6 Å². The highest BCUT2D eigenvalue weighted by molar-refractivity contribution is 5.35. The lowest BCUT2D eigenvalue weighted by atomic mass is 10.1. The summed E-state index contributed by atoms with van der Waals surface area (Å²) in [5.74, 6) is 0.153. The van der Waals surface area contributed by atoms with Gasteiger partial charge in [-0.25, -0.2) is 4.39 Å². The van der Waals surface area contributed by atoms with Crippen molar-refractivity contribution < 1.29 is 19.0 Å². The number of hydrogen-bond acceptors (Lipinski definition) is 3. The van der Waals surface area contributed by atoms with Crippen molar-refractivity contribution in [1.82, 2.24) is 0 Å². The van der Waals surface area contributed by atoms with Crippen molar-refractivity contribution in [1.29, 1.82) is 0 Å². The van der Waals surface area contributed by atoms with Crippen molar-refractivity contribution in [3.63, 3.8) is 0 Å². The SMILES string of the molecule is CCOCCCOc1ccc(F)cc1[C@@H](C)O. The molecule has 1 N–H and O–H groups in total. The lowest BCUT2D eigenvalue weighted by Crippen LogP contribution is -2.05. The molecule has 1 aromatic rings. The second kappa shape index (κ2) is 7.25. The van der Waals surface area contributed by atoms with E-state index in [4.69, 9.17) is 9.47 Å². The van der Waals surface area contributed by atoms with E-state index < -0.39 is 6.10 Å². The number of rotatable bonds is 7. The molecule has 0 aliphatic rings. The summed E-state index contributed by atoms with van der Waals surface area (Å²) in [5, 5.41) is 9.50. The standard InChI is InChI=1S/C13H19FO3/c1-3-16-7-4-8-17-13-6-5-11(14)9-12(13)10(2)15/h5-6,9-10,15H,3-4,7-8H2,1-2H3/t10-/m1/s1. The van der Waals surface area contributed by atoms with Crippen LogP contribution in [-0.4, -0.2) is 24.9 Å². The second-order valence-corrected chi connectivity index (χ2v) is 3.76. The summed E-state index contributed by atoms with van der Waals surface area (Å²) in [6, 6.07) is 4.16. The molecule has 3 nitrogen and oxygen atoms in total. The smallest absolute Gasteiger partial charge is 0.125 e. The summed E-state index contributed by atoms with van der Waals surface area (Å²) in [7, 11) is 0. The van der Waals surface area contributed by atoms with Crippen LogP contribution in [0.5, 0.6) is 5.75 Å². The van der Waals surface area contributed by atoms with E-state index in [9.17, 15) is 9.50 Å². The molecule has 1 rings (SSSR count). The average Bonchev–Trinajstić information content (AvgIpc) is 2.30. The van der Waals surface area contributed by atoms with E-state index in [1.54, 1.807) is 6.92 Å². The zero-order valence-corrected chi connectivity index (χ0v) is 10.3. The highest BCUT2D eigenvalue weighted by atomic mass is 19.1. The third-order valence-corrected chi connectivity index (χ3v) is 2.32. The quantitative estimate of drug-likeness (QED) is 0.747. The van der Waals surface area contributed by atoms with E-state index in [1.165, 1.54) is 18.2 Å². The van der Waals surface area contributed by atoms with Crippen LogP contribution in [0.3, 0.4) is 0 Å². The maximum atomic E-state index is 13.0. The number of ether oxygens (including phenoxy) is 2. The lowest BCUT2D eigenvalue weighted by Gasteiger charge is -2.13. The summed E-state index contributed by atoms with van der Waals surface area (Å²) in [5.41, 5.74) is 0.474. The van der Waals surface area contributed by atoms with Gasteiger partial charge in [-0.1, -0.05) is 0 Å². The highest BCUT2D eigenvalue weighted by Crippen LogP contribution is 2.25. The third kappa shape index (κ3) is 4.71. The van der Waals surface area contributed by atoms with Gasteiger partial charge in [-0.15, -0.1) is 0 Å². The van der Waals surface area contributed by atoms with Crippen molar-refractivity contribution in [2.45, 2.75) is 26.4 Å². The molecule has 0 saturated heterocycles. The molecule has 0 aliphatic carbocycles. The Balaban J connectivity index is 2.52. The Morgan fingerprint density at radius 3 is 2.76 bits per heavy atom. The Morgan fingerprint density at radius 1 is 1.35 bits per heavy atom. The van der Waals surface area contributed by atoms with E-state index >= 15 is 0 Å². The van der Waals surface area contributed by atoms with E-state index in [-0.39, 0.29) is 5.82 Å². The van der Waals surface area contributed by atoms with E-state index in [0.29, 0.717) is 31.1 Å². The van der Waals surface area contributed by atoms with Crippen molar-refractivity contribution in [3.8, 4) is 5.75 Å². The first-order valence-corrected chi connectivity index (χ1v) is 5.83. The maximum absolute atomic E-state index is 13.0. The molecule has 0 radical (unpaired) electrons. The van der Waals surface area contributed by atoms with E-state index in [1.807, 2.05) is 6.92 Å². The van der Waals surface area contributed by atoms with Crippen LogP contribution in [0.2, 0.25) is 0 Å². The molecule has 0 saturated carbocycles. The largest absolute Gasteiger partial charge is 0.493 e. The molecule has 1 aromatic carbocycles. The molecule has 0 heterocycles. The van der Waals surface area contributed by atoms with Crippen LogP contribution in [0.4, 0.5) is 4.39 Å². The zero-order valence-electron chi connectivity index (χ0n) is 10.3. The van der Waals surface area contributed by atoms with Gasteiger partial charge in [0.05, 0.1) is 12.7 Å². The molecule has 0 amide bonds. The minimum atomic E-state index is -0.743. The first-order valence-electron chi connectivity index (χ1n) is 5.83. The Labute approximate surface area is 101 Å². The Bertz CT molecular complexity index is 339. The van der Waals surface area contributed by atoms with Crippen molar-refractivity contribution in [2.75, 3.05) is 19.8 Å². The van der Waals surface area contributed by atoms with Crippen LogP contribution in [0.25, 0.3) is 0 Å². The van der Waals surface area contributed by atoms with Gasteiger partial charge in [0.25, 0.3) is 0 Å². The van der Waals surface area contributed by atoms with Gasteiger partial charge in [0, 0.05) is 25.2 Å². The van der Waals surface area contributed by atoms with Gasteiger partial charge in [0.1, 0.15) is 11.6 Å². The normalized spacial score (nSPS) is 12.5. The molecule has 17 heavy (non-hydrogen) atoms. The maximum Gasteiger partial charge on any atom is 0.125 e. The first-order chi connectivity index (χ1) is 8.15. The highest BCUT2D eigenvalue weighted by Gasteiger charge is 2.10. The molecule has 4 heteroatoms. The van der Waals surface area contributed by atoms with Gasteiger partial charge in [-0.3, -0.25) is 0 Å². The van der Waals surface area contributed by atoms with Crippen LogP contribution < -0.4 is 4.74 Å². The summed E-state index contributed by atoms with van der Waals surface area (Å²) in [6.07, 6.45) is 0.0253. The number of halogens is 1. The summed E-state index contributed by atoms with van der Waals surface area (Å²) in [4.78, 5) is 0. The molecule has 1 atom stereocenters. The molecule has 96 valence electrons. The zero-order chi connectivity index (χ0) is 12.7. The number of benzene rings is 1. The molecular formula is C13H19FO3. The molecule has 0 aliphatic heterocycles. The minimum Gasteiger partial charge on any atom is -0.493 e. The predicted molar refractivity (Wildman–Crippen MR) is 63.6 cm³/mol. The number of hydrogen-bond donors (Lipinski definition) is 1. The second-order valence-electron chi connectivity index (χ2n) is 3.76. The fourth-order valence-electron chi connectivity index (χ4n) is 1.46. The Kier molecular flexibility index (Phi) is 5.94. The van der Waals surface area contributed by atoms with Crippen LogP contribution in [0.15, 0.2) is 18.2 Å². The predicted octanol–water partition coefficient (Wildman–Crippen LogP) is 2.68. The molecular weight excluding hydrogens is 223 g/mol. The summed E-state index contributed by atoms with van der Waals surface area (Å²) >= 11 is 0. The monoisotopic (exact) mass is 242 g/mol. The van der Waals surface area contributed by atoms with Gasteiger partial charge in [0.15, 0.2) is 0 Å². The van der Waals surface area contributed by atoms with Gasteiger partial charge in [0.2, 0.25) is 0 Å². The van der Waals surface area contributed by atoms with Gasteiger partial charge in [-0.2, -0.15) is 0 Å². The molecule has 0 bridgehead atoms. The van der Waals surface area contributed by atoms with E-state index in [2.05, 4.69) is 0 Å². The molecule has 0 fully saturated rings. The van der Waals surface area contributed by atoms with Crippen LogP contribution >= 0.6 is 0 Å². The van der Waals surface area contributed by atoms with E-state index in [0.717, 1.165) is 6.42 Å². The van der Waals surface area contributed by atoms with Crippen molar-refractivity contribution >= 4 is 0 Å². The van der Waals surface area contributed by atoms with Gasteiger partial charge in [-0.05, 0) is 32.0 Å². The molecule has 0 aromatic heterocycles. The summed E-state index contributed by atoms with van der Waals surface area (Å²) in [6.45, 7) is 5.34. The Hall–Kier alpha value is -1.13. The van der Waals surface area contributed by atoms with Crippen LogP contribution in [0.1, 0.15) is 31.9 Å². The number of aliphatic hydroxyl groups is 1. The summed E-state index contributed by atoms with van der Waals surface area (Å²) < 4.78 is 23.7. The minimum absolute atomic E-state index is 0.373. The topological polar surface area (TPSA) is 38.7 Å². The Morgan fingerprint density at radius 2 is 2.12 bits per heavy atom.